The molecule has 26 heavy (non-hydrogen) atoms. The van der Waals surface area contributed by atoms with Gasteiger partial charge in [-0.2, -0.15) is 0 Å². The molecule has 8 heteroatoms. The maximum atomic E-state index is 12.6. The van der Waals surface area contributed by atoms with Gasteiger partial charge in [0.1, 0.15) is 0 Å². The summed E-state index contributed by atoms with van der Waals surface area (Å²) in [6, 6.07) is 5.56. The van der Waals surface area contributed by atoms with Gasteiger partial charge in [0, 0.05) is 43.0 Å². The van der Waals surface area contributed by atoms with E-state index in [0.717, 1.165) is 29.1 Å². The molecule has 3 rings (SSSR count). The van der Waals surface area contributed by atoms with E-state index in [1.54, 1.807) is 25.6 Å². The SMILES string of the molecule is COCCn1c(C)cc(C(=O)CSc2nnc(-c3cccnc3)o2)c1C. The summed E-state index contributed by atoms with van der Waals surface area (Å²) in [5.74, 6) is 0.669. The molecule has 0 aliphatic rings. The molecule has 3 aromatic heterocycles. The van der Waals surface area contributed by atoms with Crippen molar-refractivity contribution in [3.8, 4) is 11.5 Å². The predicted octanol–water partition coefficient (Wildman–Crippen LogP) is 3.17. The average Bonchev–Trinajstić information content (AvgIpc) is 3.24. The number of rotatable bonds is 8. The quantitative estimate of drug-likeness (QED) is 0.443. The number of methoxy groups -OCH3 is 1. The van der Waals surface area contributed by atoms with Crippen LogP contribution in [0, 0.1) is 13.8 Å². The summed E-state index contributed by atoms with van der Waals surface area (Å²) in [4.78, 5) is 16.6. The lowest BCUT2D eigenvalue weighted by atomic mass is 10.2. The van der Waals surface area contributed by atoms with Gasteiger partial charge in [0.25, 0.3) is 5.22 Å². The Morgan fingerprint density at radius 1 is 1.35 bits per heavy atom. The zero-order valence-corrected chi connectivity index (χ0v) is 15.7. The van der Waals surface area contributed by atoms with Crippen LogP contribution in [0.15, 0.2) is 40.2 Å². The highest BCUT2D eigenvalue weighted by atomic mass is 32.2. The first kappa shape index (κ1) is 18.3. The van der Waals surface area contributed by atoms with E-state index in [9.17, 15) is 4.79 Å². The zero-order chi connectivity index (χ0) is 18.5. The van der Waals surface area contributed by atoms with E-state index < -0.39 is 0 Å². The van der Waals surface area contributed by atoms with Gasteiger partial charge >= 0.3 is 0 Å². The lowest BCUT2D eigenvalue weighted by Gasteiger charge is -2.08. The molecule has 0 saturated heterocycles. The third-order valence-corrected chi connectivity index (χ3v) is 4.85. The van der Waals surface area contributed by atoms with E-state index in [1.807, 2.05) is 26.0 Å². The number of aromatic nitrogens is 4. The zero-order valence-electron chi connectivity index (χ0n) is 14.9. The highest BCUT2D eigenvalue weighted by molar-refractivity contribution is 7.99. The van der Waals surface area contributed by atoms with E-state index in [1.165, 1.54) is 11.8 Å². The van der Waals surface area contributed by atoms with Gasteiger partial charge in [0.2, 0.25) is 5.89 Å². The number of Topliss-reactive ketones (excluding diaryl/α,β-unsaturated/α-hetero) is 1. The van der Waals surface area contributed by atoms with E-state index >= 15 is 0 Å². The van der Waals surface area contributed by atoms with Gasteiger partial charge in [-0.3, -0.25) is 9.78 Å². The molecule has 0 bridgehead atoms. The minimum Gasteiger partial charge on any atom is -0.411 e. The van der Waals surface area contributed by atoms with Gasteiger partial charge in [0.15, 0.2) is 5.78 Å². The molecule has 136 valence electrons. The van der Waals surface area contributed by atoms with Crippen LogP contribution >= 0.6 is 11.8 Å². The maximum Gasteiger partial charge on any atom is 0.277 e. The molecule has 0 atom stereocenters. The van der Waals surface area contributed by atoms with Crippen LogP contribution in [-0.2, 0) is 11.3 Å². The van der Waals surface area contributed by atoms with E-state index in [2.05, 4.69) is 19.7 Å². The van der Waals surface area contributed by atoms with E-state index in [-0.39, 0.29) is 11.5 Å². The number of ether oxygens (including phenoxy) is 1. The Bertz CT molecular complexity index is 889. The molecule has 0 aliphatic carbocycles. The van der Waals surface area contributed by atoms with Crippen LogP contribution in [0.1, 0.15) is 21.7 Å². The van der Waals surface area contributed by atoms with Crippen molar-refractivity contribution in [2.45, 2.75) is 25.6 Å². The molecule has 0 aliphatic heterocycles. The number of carbonyl (C=O) groups excluding carboxylic acids is 1. The predicted molar refractivity (Wildman–Crippen MR) is 98.4 cm³/mol. The van der Waals surface area contributed by atoms with Crippen molar-refractivity contribution in [1.29, 1.82) is 0 Å². The van der Waals surface area contributed by atoms with Crippen molar-refractivity contribution in [1.82, 2.24) is 19.7 Å². The van der Waals surface area contributed by atoms with Crippen LogP contribution in [0.4, 0.5) is 0 Å². The molecule has 0 aromatic carbocycles. The molecule has 0 radical (unpaired) electrons. The van der Waals surface area contributed by atoms with Crippen molar-refractivity contribution in [2.24, 2.45) is 0 Å². The molecule has 3 heterocycles. The number of hydrogen-bond donors (Lipinski definition) is 0. The topological polar surface area (TPSA) is 83.0 Å². The number of pyridine rings is 1. The van der Waals surface area contributed by atoms with Crippen LogP contribution in [-0.4, -0.2) is 45.0 Å². The Kier molecular flexibility index (Phi) is 5.85. The summed E-state index contributed by atoms with van der Waals surface area (Å²) in [6.07, 6.45) is 3.33. The number of hydrogen-bond acceptors (Lipinski definition) is 7. The van der Waals surface area contributed by atoms with Crippen molar-refractivity contribution in [3.63, 3.8) is 0 Å². The molecular weight excluding hydrogens is 352 g/mol. The summed E-state index contributed by atoms with van der Waals surface area (Å²) in [5, 5.41) is 8.35. The van der Waals surface area contributed by atoms with Crippen LogP contribution in [0.25, 0.3) is 11.5 Å². The second kappa shape index (κ2) is 8.29. The molecule has 7 nitrogen and oxygen atoms in total. The fourth-order valence-corrected chi connectivity index (χ4v) is 3.34. The lowest BCUT2D eigenvalue weighted by Crippen LogP contribution is -2.09. The molecular formula is C18H20N4O3S. The molecule has 0 fully saturated rings. The molecule has 0 spiro atoms. The summed E-state index contributed by atoms with van der Waals surface area (Å²) in [7, 11) is 1.67. The highest BCUT2D eigenvalue weighted by Gasteiger charge is 2.17. The van der Waals surface area contributed by atoms with Crippen LogP contribution in [0.2, 0.25) is 0 Å². The van der Waals surface area contributed by atoms with Gasteiger partial charge in [-0.05, 0) is 32.0 Å². The van der Waals surface area contributed by atoms with Gasteiger partial charge < -0.3 is 13.7 Å². The Balaban J connectivity index is 1.65. The summed E-state index contributed by atoms with van der Waals surface area (Å²) >= 11 is 1.24. The van der Waals surface area contributed by atoms with Crippen LogP contribution < -0.4 is 0 Å². The van der Waals surface area contributed by atoms with Crippen LogP contribution in [0.3, 0.4) is 0 Å². The highest BCUT2D eigenvalue weighted by Crippen LogP contribution is 2.24. The van der Waals surface area contributed by atoms with Gasteiger partial charge in [-0.1, -0.05) is 11.8 Å². The third-order valence-electron chi connectivity index (χ3n) is 4.03. The van der Waals surface area contributed by atoms with Crippen molar-refractivity contribution in [3.05, 3.63) is 47.5 Å². The molecule has 3 aromatic rings. The monoisotopic (exact) mass is 372 g/mol. The number of ketones is 1. The van der Waals surface area contributed by atoms with Crippen molar-refractivity contribution in [2.75, 3.05) is 19.5 Å². The third kappa shape index (κ3) is 4.03. The first-order chi connectivity index (χ1) is 12.6. The number of nitrogens with zero attached hydrogens (tertiary/aromatic N) is 4. The van der Waals surface area contributed by atoms with E-state index in [0.29, 0.717) is 17.7 Å². The molecule has 0 saturated carbocycles. The van der Waals surface area contributed by atoms with Crippen LogP contribution in [0.5, 0.6) is 0 Å². The van der Waals surface area contributed by atoms with Gasteiger partial charge in [-0.15, -0.1) is 10.2 Å². The Morgan fingerprint density at radius 3 is 2.92 bits per heavy atom. The Hall–Kier alpha value is -2.45. The number of thioether (sulfide) groups is 1. The normalized spacial score (nSPS) is 11.0. The lowest BCUT2D eigenvalue weighted by molar-refractivity contribution is 0.102. The molecule has 0 amide bonds. The number of carbonyl (C=O) groups is 1. The second-order valence-electron chi connectivity index (χ2n) is 5.76. The summed E-state index contributed by atoms with van der Waals surface area (Å²) < 4.78 is 12.8. The number of aryl methyl sites for hydroxylation is 1. The van der Waals surface area contributed by atoms with Gasteiger partial charge in [-0.25, -0.2) is 0 Å². The van der Waals surface area contributed by atoms with E-state index in [4.69, 9.17) is 9.15 Å². The minimum atomic E-state index is 0.0351. The van der Waals surface area contributed by atoms with Gasteiger partial charge in [0.05, 0.1) is 17.9 Å². The Morgan fingerprint density at radius 2 is 2.19 bits per heavy atom. The second-order valence-corrected chi connectivity index (χ2v) is 6.68. The smallest absolute Gasteiger partial charge is 0.277 e. The fraction of sp³-hybridized carbons (Fsp3) is 0.333. The standard InChI is InChI=1S/C18H20N4O3S/c1-12-9-15(13(2)22(12)7-8-24-3)16(23)11-26-18-21-20-17(25-18)14-5-4-6-19-10-14/h4-6,9-10H,7-8,11H2,1-3H3. The molecule has 0 N–H and O–H groups in total. The minimum absolute atomic E-state index is 0.0351. The first-order valence-corrected chi connectivity index (χ1v) is 9.14. The fourth-order valence-electron chi connectivity index (χ4n) is 2.69. The Labute approximate surface area is 155 Å². The summed E-state index contributed by atoms with van der Waals surface area (Å²) in [6.45, 7) is 5.28. The largest absolute Gasteiger partial charge is 0.411 e. The van der Waals surface area contributed by atoms with Crippen molar-refractivity contribution >= 4 is 17.5 Å². The average molecular weight is 372 g/mol. The first-order valence-electron chi connectivity index (χ1n) is 8.15. The molecule has 0 unspecified atom stereocenters. The summed E-state index contributed by atoms with van der Waals surface area (Å²) in [5.41, 5.74) is 3.47. The maximum absolute atomic E-state index is 12.6. The van der Waals surface area contributed by atoms with Crippen molar-refractivity contribution < 1.29 is 13.9 Å².